The Balaban J connectivity index is 1.21. The molecule has 0 aliphatic carbocycles. The number of alkyl halides is 2. The molecule has 5 aromatic rings. The molecule has 1 atom stereocenters. The SMILES string of the molecule is Cc1cc(Nc2ncnn3ccc(C4CCN(C(=O)/C=C/CN(C)C)CC4(F)F)c23)ccc1Oc1ccn2ncnc2c1. The largest absolute Gasteiger partial charge is 0.457 e. The number of halogens is 2. The van der Waals surface area contributed by atoms with Crippen LogP contribution >= 0.6 is 0 Å². The number of amides is 1. The molecule has 0 spiro atoms. The van der Waals surface area contributed by atoms with Crippen molar-refractivity contribution in [3.63, 3.8) is 0 Å². The number of aromatic nitrogens is 6. The molecule has 1 fully saturated rings. The van der Waals surface area contributed by atoms with E-state index in [4.69, 9.17) is 4.74 Å². The fraction of sp³-hybridized carbons (Fsp3) is 0.300. The van der Waals surface area contributed by atoms with Crippen molar-refractivity contribution < 1.29 is 18.3 Å². The van der Waals surface area contributed by atoms with E-state index in [-0.39, 0.29) is 13.0 Å². The lowest BCUT2D eigenvalue weighted by Crippen LogP contribution is -2.49. The highest BCUT2D eigenvalue weighted by Crippen LogP contribution is 2.43. The lowest BCUT2D eigenvalue weighted by atomic mass is 9.86. The van der Waals surface area contributed by atoms with Crippen LogP contribution in [0.1, 0.15) is 23.5 Å². The predicted molar refractivity (Wildman–Crippen MR) is 157 cm³/mol. The minimum absolute atomic E-state index is 0.111. The van der Waals surface area contributed by atoms with E-state index in [1.54, 1.807) is 45.7 Å². The zero-order valence-electron chi connectivity index (χ0n) is 24.0. The maximum absolute atomic E-state index is 15.6. The van der Waals surface area contributed by atoms with Gasteiger partial charge in [-0.3, -0.25) is 4.79 Å². The zero-order valence-corrected chi connectivity index (χ0v) is 24.0. The molecule has 0 saturated carbocycles. The van der Waals surface area contributed by atoms with Crippen LogP contribution in [-0.4, -0.2) is 84.6 Å². The molecule has 1 aliphatic rings. The lowest BCUT2D eigenvalue weighted by molar-refractivity contribution is -0.139. The molecule has 222 valence electrons. The summed E-state index contributed by atoms with van der Waals surface area (Å²) in [6.07, 6.45) is 9.44. The summed E-state index contributed by atoms with van der Waals surface area (Å²) in [5, 5.41) is 11.6. The number of pyridine rings is 1. The third-order valence-corrected chi connectivity index (χ3v) is 7.42. The molecular weight excluding hydrogens is 556 g/mol. The van der Waals surface area contributed by atoms with Gasteiger partial charge in [0.15, 0.2) is 11.5 Å². The van der Waals surface area contributed by atoms with Crippen molar-refractivity contribution in [3.8, 4) is 11.5 Å². The van der Waals surface area contributed by atoms with Gasteiger partial charge in [0, 0.05) is 43.3 Å². The molecule has 1 aromatic carbocycles. The van der Waals surface area contributed by atoms with Crippen LogP contribution in [0, 0.1) is 6.92 Å². The summed E-state index contributed by atoms with van der Waals surface area (Å²) in [5.74, 6) is -2.96. The first-order valence-electron chi connectivity index (χ1n) is 13.8. The van der Waals surface area contributed by atoms with Gasteiger partial charge < -0.3 is 19.9 Å². The number of nitrogens with zero attached hydrogens (tertiary/aromatic N) is 8. The minimum Gasteiger partial charge on any atom is -0.457 e. The quantitative estimate of drug-likeness (QED) is 0.261. The Morgan fingerprint density at radius 1 is 1.12 bits per heavy atom. The van der Waals surface area contributed by atoms with Crippen LogP contribution in [0.25, 0.3) is 11.2 Å². The second kappa shape index (κ2) is 11.4. The first-order chi connectivity index (χ1) is 20.7. The number of aryl methyl sites for hydroxylation is 1. The molecule has 1 saturated heterocycles. The van der Waals surface area contributed by atoms with Crippen LogP contribution in [0.15, 0.2) is 73.6 Å². The van der Waals surface area contributed by atoms with Gasteiger partial charge in [0.05, 0.1) is 12.5 Å². The van der Waals surface area contributed by atoms with Crippen molar-refractivity contribution in [2.45, 2.75) is 25.2 Å². The molecule has 0 radical (unpaired) electrons. The summed E-state index contributed by atoms with van der Waals surface area (Å²) < 4.78 is 40.5. The standard InChI is InChI=1S/C30H31F2N9O2/c1-20-15-21(6-7-25(20)43-22-8-13-40-26(16-22)33-18-35-40)37-29-28-23(9-14-41(28)36-19-34-29)24-10-12-39(17-30(24,31)32)27(42)5-4-11-38(2)3/h4-9,13-16,18-19,24H,10-12,17H2,1-3H3,(H,34,36,37)/b5-4+. The Labute approximate surface area is 246 Å². The number of anilines is 2. The van der Waals surface area contributed by atoms with E-state index in [2.05, 4.69) is 25.5 Å². The smallest absolute Gasteiger partial charge is 0.272 e. The second-order valence-electron chi connectivity index (χ2n) is 10.8. The monoisotopic (exact) mass is 587 g/mol. The molecule has 5 heterocycles. The number of likely N-dealkylation sites (N-methyl/N-ethyl adjacent to an activating group) is 1. The summed E-state index contributed by atoms with van der Waals surface area (Å²) in [7, 11) is 3.74. The molecule has 6 rings (SSSR count). The highest BCUT2D eigenvalue weighted by atomic mass is 19.3. The molecule has 43 heavy (non-hydrogen) atoms. The van der Waals surface area contributed by atoms with Gasteiger partial charge in [-0.15, -0.1) is 0 Å². The second-order valence-corrected chi connectivity index (χ2v) is 10.8. The number of ether oxygens (including phenoxy) is 1. The first-order valence-corrected chi connectivity index (χ1v) is 13.8. The van der Waals surface area contributed by atoms with E-state index >= 15 is 8.78 Å². The van der Waals surface area contributed by atoms with Crippen LogP contribution < -0.4 is 10.1 Å². The number of hydrogen-bond donors (Lipinski definition) is 1. The highest BCUT2D eigenvalue weighted by Gasteiger charge is 2.47. The zero-order chi connectivity index (χ0) is 30.1. The number of hydrogen-bond acceptors (Lipinski definition) is 8. The van der Waals surface area contributed by atoms with Gasteiger partial charge in [-0.2, -0.15) is 10.2 Å². The number of nitrogens with one attached hydrogen (secondary N) is 1. The summed E-state index contributed by atoms with van der Waals surface area (Å²) in [4.78, 5) is 24.3. The Hall–Kier alpha value is -4.91. The molecule has 1 amide bonds. The Morgan fingerprint density at radius 2 is 1.91 bits per heavy atom. The number of benzene rings is 1. The van der Waals surface area contributed by atoms with E-state index in [0.717, 1.165) is 5.56 Å². The van der Waals surface area contributed by atoms with Gasteiger partial charge in [-0.25, -0.2) is 27.8 Å². The molecule has 11 nitrogen and oxygen atoms in total. The minimum atomic E-state index is -3.14. The maximum Gasteiger partial charge on any atom is 0.272 e. The summed E-state index contributed by atoms with van der Waals surface area (Å²) in [5.41, 5.74) is 3.14. The number of rotatable bonds is 8. The van der Waals surface area contributed by atoms with E-state index in [1.807, 2.05) is 44.1 Å². The fourth-order valence-electron chi connectivity index (χ4n) is 5.30. The molecular formula is C30H31F2N9O2. The summed E-state index contributed by atoms with van der Waals surface area (Å²) >= 11 is 0. The summed E-state index contributed by atoms with van der Waals surface area (Å²) in [6, 6.07) is 10.8. The molecule has 1 aliphatic heterocycles. The van der Waals surface area contributed by atoms with Crippen molar-refractivity contribution in [1.82, 2.24) is 39.0 Å². The number of carbonyl (C=O) groups excluding carboxylic acids is 1. The molecule has 4 aromatic heterocycles. The molecule has 1 unspecified atom stereocenters. The Kier molecular flexibility index (Phi) is 7.48. The van der Waals surface area contributed by atoms with Gasteiger partial charge in [0.1, 0.15) is 29.7 Å². The van der Waals surface area contributed by atoms with E-state index < -0.39 is 24.3 Å². The van der Waals surface area contributed by atoms with E-state index in [0.29, 0.717) is 46.3 Å². The Bertz CT molecular complexity index is 1810. The topological polar surface area (TPSA) is 105 Å². The lowest BCUT2D eigenvalue weighted by Gasteiger charge is -2.38. The molecule has 1 N–H and O–H groups in total. The molecule has 13 heteroatoms. The normalized spacial score (nSPS) is 16.9. The van der Waals surface area contributed by atoms with Crippen LogP contribution in [0.3, 0.4) is 0 Å². The number of piperidine rings is 1. The first kappa shape index (κ1) is 28.2. The van der Waals surface area contributed by atoms with Crippen molar-refractivity contribution in [1.29, 1.82) is 0 Å². The van der Waals surface area contributed by atoms with E-state index in [9.17, 15) is 4.79 Å². The van der Waals surface area contributed by atoms with Crippen LogP contribution in [0.2, 0.25) is 0 Å². The van der Waals surface area contributed by atoms with Gasteiger partial charge in [-0.05, 0) is 68.9 Å². The van der Waals surface area contributed by atoms with Gasteiger partial charge in [-0.1, -0.05) is 6.08 Å². The maximum atomic E-state index is 15.6. The van der Waals surface area contributed by atoms with Gasteiger partial charge in [0.2, 0.25) is 5.91 Å². The van der Waals surface area contributed by atoms with Crippen molar-refractivity contribution in [2.75, 3.05) is 39.0 Å². The highest BCUT2D eigenvalue weighted by molar-refractivity contribution is 5.88. The molecule has 0 bridgehead atoms. The van der Waals surface area contributed by atoms with Crippen LogP contribution in [0.4, 0.5) is 20.3 Å². The predicted octanol–water partition coefficient (Wildman–Crippen LogP) is 4.69. The van der Waals surface area contributed by atoms with Crippen LogP contribution in [-0.2, 0) is 4.79 Å². The van der Waals surface area contributed by atoms with Crippen LogP contribution in [0.5, 0.6) is 11.5 Å². The van der Waals surface area contributed by atoms with Gasteiger partial charge >= 0.3 is 0 Å². The average molecular weight is 588 g/mol. The number of fused-ring (bicyclic) bond motifs is 2. The number of carbonyl (C=O) groups is 1. The van der Waals surface area contributed by atoms with Crippen molar-refractivity contribution in [3.05, 3.63) is 84.7 Å². The average Bonchev–Trinajstić information content (AvgIpc) is 3.61. The van der Waals surface area contributed by atoms with Gasteiger partial charge in [0.25, 0.3) is 5.92 Å². The fourth-order valence-corrected chi connectivity index (χ4v) is 5.30. The number of likely N-dealkylation sites (tertiary alicyclic amines) is 1. The third kappa shape index (κ3) is 5.89. The van der Waals surface area contributed by atoms with Crippen molar-refractivity contribution >= 4 is 28.6 Å². The third-order valence-electron chi connectivity index (χ3n) is 7.42. The van der Waals surface area contributed by atoms with Crippen molar-refractivity contribution in [2.24, 2.45) is 0 Å². The van der Waals surface area contributed by atoms with E-state index in [1.165, 1.54) is 23.6 Å². The summed E-state index contributed by atoms with van der Waals surface area (Å²) in [6.45, 7) is 2.05. The Morgan fingerprint density at radius 3 is 2.70 bits per heavy atom.